The quantitative estimate of drug-likeness (QED) is 0.819. The van der Waals surface area contributed by atoms with E-state index >= 15 is 0 Å². The van der Waals surface area contributed by atoms with Crippen molar-refractivity contribution in [1.82, 2.24) is 5.32 Å². The number of carbonyl (C=O) groups excluding carboxylic acids is 1. The normalized spacial score (nSPS) is 12.2. The van der Waals surface area contributed by atoms with Crippen LogP contribution in [0.2, 0.25) is 5.02 Å². The number of carbonyl (C=O) groups is 1. The van der Waals surface area contributed by atoms with E-state index in [1.54, 1.807) is 0 Å². The average Bonchev–Trinajstić information content (AvgIpc) is 2.18. The second-order valence-corrected chi connectivity index (χ2v) is 3.57. The van der Waals surface area contributed by atoms with E-state index in [9.17, 15) is 4.79 Å². The molecule has 1 aromatic rings. The van der Waals surface area contributed by atoms with Gasteiger partial charge in [0, 0.05) is 11.4 Å². The number of halogens is 1. The first kappa shape index (κ1) is 11.1. The summed E-state index contributed by atoms with van der Waals surface area (Å²) in [5.41, 5.74) is 0.955. The molecule has 1 atom stereocenters. The molecule has 76 valence electrons. The molecule has 3 heteroatoms. The smallest absolute Gasteiger partial charge is 0.220 e. The summed E-state index contributed by atoms with van der Waals surface area (Å²) in [5.74, 6) is 0.0393. The molecule has 0 aromatic heterocycles. The van der Waals surface area contributed by atoms with Gasteiger partial charge in [-0.3, -0.25) is 4.79 Å². The Morgan fingerprint density at radius 3 is 2.71 bits per heavy atom. The molecule has 1 rings (SSSR count). The molecule has 0 saturated carbocycles. The van der Waals surface area contributed by atoms with Gasteiger partial charge >= 0.3 is 0 Å². The summed E-state index contributed by atoms with van der Waals surface area (Å²) in [6, 6.07) is 7.50. The third kappa shape index (κ3) is 2.74. The van der Waals surface area contributed by atoms with E-state index in [4.69, 9.17) is 11.6 Å². The Balaban J connectivity index is 2.74. The highest BCUT2D eigenvalue weighted by Gasteiger charge is 2.10. The van der Waals surface area contributed by atoms with Crippen LogP contribution in [-0.4, -0.2) is 5.91 Å². The summed E-state index contributed by atoms with van der Waals surface area (Å²) in [5, 5.41) is 3.55. The van der Waals surface area contributed by atoms with Gasteiger partial charge in [0.05, 0.1) is 6.04 Å². The Bertz CT molecular complexity index is 325. The van der Waals surface area contributed by atoms with Crippen LogP contribution in [0.4, 0.5) is 0 Å². The zero-order valence-corrected chi connectivity index (χ0v) is 9.14. The fourth-order valence-electron chi connectivity index (χ4n) is 1.25. The lowest BCUT2D eigenvalue weighted by Gasteiger charge is -2.14. The molecular weight excluding hydrogens is 198 g/mol. The van der Waals surface area contributed by atoms with Gasteiger partial charge < -0.3 is 5.32 Å². The Kier molecular flexibility index (Phi) is 3.96. The summed E-state index contributed by atoms with van der Waals surface area (Å²) in [6.07, 6.45) is 0.495. The summed E-state index contributed by atoms with van der Waals surface area (Å²) in [7, 11) is 0. The van der Waals surface area contributed by atoms with E-state index in [1.807, 2.05) is 38.1 Å². The van der Waals surface area contributed by atoms with Crippen molar-refractivity contribution in [2.45, 2.75) is 26.3 Å². The van der Waals surface area contributed by atoms with Crippen LogP contribution in [0.3, 0.4) is 0 Å². The van der Waals surface area contributed by atoms with Crippen molar-refractivity contribution in [1.29, 1.82) is 0 Å². The van der Waals surface area contributed by atoms with Gasteiger partial charge in [-0.2, -0.15) is 0 Å². The lowest BCUT2D eigenvalue weighted by Crippen LogP contribution is -2.25. The predicted molar refractivity (Wildman–Crippen MR) is 58.3 cm³/mol. The van der Waals surface area contributed by atoms with E-state index in [1.165, 1.54) is 0 Å². The molecule has 0 saturated heterocycles. The standard InChI is InChI=1S/C11H14ClNO/c1-3-11(14)13-8(2)9-6-4-5-7-10(9)12/h4-8H,3H2,1-2H3,(H,13,14)/t8-/m1/s1. The van der Waals surface area contributed by atoms with Crippen LogP contribution in [0.25, 0.3) is 0 Å². The lowest BCUT2D eigenvalue weighted by molar-refractivity contribution is -0.121. The Hall–Kier alpha value is -1.02. The van der Waals surface area contributed by atoms with Crippen molar-refractivity contribution in [3.8, 4) is 0 Å². The molecule has 1 N–H and O–H groups in total. The summed E-state index contributed by atoms with van der Waals surface area (Å²) >= 11 is 5.99. The molecule has 0 bridgehead atoms. The number of nitrogens with one attached hydrogen (secondary N) is 1. The molecule has 0 spiro atoms. The minimum absolute atomic E-state index is 0.0313. The van der Waals surface area contributed by atoms with Crippen molar-refractivity contribution in [3.63, 3.8) is 0 Å². The van der Waals surface area contributed by atoms with E-state index in [0.717, 1.165) is 5.56 Å². The molecule has 0 unspecified atom stereocenters. The van der Waals surface area contributed by atoms with Crippen molar-refractivity contribution in [2.24, 2.45) is 0 Å². The molecule has 0 heterocycles. The summed E-state index contributed by atoms with van der Waals surface area (Å²) in [6.45, 7) is 3.75. The third-order valence-corrected chi connectivity index (χ3v) is 2.41. The average molecular weight is 212 g/mol. The first-order valence-electron chi connectivity index (χ1n) is 4.69. The SMILES string of the molecule is CCC(=O)N[C@H](C)c1ccccc1Cl. The first-order valence-corrected chi connectivity index (χ1v) is 5.06. The molecule has 2 nitrogen and oxygen atoms in total. The second-order valence-electron chi connectivity index (χ2n) is 3.16. The highest BCUT2D eigenvalue weighted by atomic mass is 35.5. The summed E-state index contributed by atoms with van der Waals surface area (Å²) in [4.78, 5) is 11.2. The Morgan fingerprint density at radius 2 is 2.14 bits per heavy atom. The maximum atomic E-state index is 11.2. The highest BCUT2D eigenvalue weighted by Crippen LogP contribution is 2.21. The molecule has 0 radical (unpaired) electrons. The van der Waals surface area contributed by atoms with Gasteiger partial charge in [0.25, 0.3) is 0 Å². The van der Waals surface area contributed by atoms with E-state index in [-0.39, 0.29) is 11.9 Å². The van der Waals surface area contributed by atoms with E-state index in [0.29, 0.717) is 11.4 Å². The minimum Gasteiger partial charge on any atom is -0.350 e. The Labute approximate surface area is 89.3 Å². The van der Waals surface area contributed by atoms with Crippen LogP contribution in [0, 0.1) is 0 Å². The zero-order valence-electron chi connectivity index (χ0n) is 8.38. The maximum absolute atomic E-state index is 11.2. The minimum atomic E-state index is -0.0313. The van der Waals surface area contributed by atoms with Gasteiger partial charge in [-0.25, -0.2) is 0 Å². The van der Waals surface area contributed by atoms with Crippen LogP contribution in [0.5, 0.6) is 0 Å². The van der Waals surface area contributed by atoms with Gasteiger partial charge in [-0.1, -0.05) is 36.7 Å². The molecule has 0 aliphatic heterocycles. The number of amides is 1. The topological polar surface area (TPSA) is 29.1 Å². The van der Waals surface area contributed by atoms with Gasteiger partial charge in [-0.05, 0) is 18.6 Å². The van der Waals surface area contributed by atoms with Crippen molar-refractivity contribution in [3.05, 3.63) is 34.9 Å². The van der Waals surface area contributed by atoms with Gasteiger partial charge in [0.2, 0.25) is 5.91 Å². The lowest BCUT2D eigenvalue weighted by atomic mass is 10.1. The molecule has 0 aliphatic carbocycles. The number of hydrogen-bond donors (Lipinski definition) is 1. The van der Waals surface area contributed by atoms with Crippen molar-refractivity contribution < 1.29 is 4.79 Å². The fraction of sp³-hybridized carbons (Fsp3) is 0.364. The zero-order chi connectivity index (χ0) is 10.6. The van der Waals surface area contributed by atoms with Crippen LogP contribution in [-0.2, 0) is 4.79 Å². The predicted octanol–water partition coefficient (Wildman–Crippen LogP) is 2.93. The second kappa shape index (κ2) is 5.01. The van der Waals surface area contributed by atoms with Crippen molar-refractivity contribution >= 4 is 17.5 Å². The first-order chi connectivity index (χ1) is 6.65. The molecule has 0 fully saturated rings. The number of benzene rings is 1. The van der Waals surface area contributed by atoms with E-state index in [2.05, 4.69) is 5.32 Å². The van der Waals surface area contributed by atoms with Crippen LogP contribution < -0.4 is 5.32 Å². The van der Waals surface area contributed by atoms with Crippen LogP contribution >= 0.6 is 11.6 Å². The summed E-state index contributed by atoms with van der Waals surface area (Å²) < 4.78 is 0. The molecule has 14 heavy (non-hydrogen) atoms. The fourth-order valence-corrected chi connectivity index (χ4v) is 1.55. The maximum Gasteiger partial charge on any atom is 0.220 e. The number of hydrogen-bond acceptors (Lipinski definition) is 1. The van der Waals surface area contributed by atoms with Crippen LogP contribution in [0.1, 0.15) is 31.9 Å². The van der Waals surface area contributed by atoms with Gasteiger partial charge in [-0.15, -0.1) is 0 Å². The number of rotatable bonds is 3. The Morgan fingerprint density at radius 1 is 1.50 bits per heavy atom. The van der Waals surface area contributed by atoms with Gasteiger partial charge in [0.15, 0.2) is 0 Å². The molecular formula is C11H14ClNO. The van der Waals surface area contributed by atoms with Crippen LogP contribution in [0.15, 0.2) is 24.3 Å². The molecule has 0 aliphatic rings. The molecule has 1 aromatic carbocycles. The third-order valence-electron chi connectivity index (χ3n) is 2.07. The van der Waals surface area contributed by atoms with Crippen molar-refractivity contribution in [2.75, 3.05) is 0 Å². The monoisotopic (exact) mass is 211 g/mol. The highest BCUT2D eigenvalue weighted by molar-refractivity contribution is 6.31. The molecule has 1 amide bonds. The van der Waals surface area contributed by atoms with E-state index < -0.39 is 0 Å². The largest absolute Gasteiger partial charge is 0.350 e. The van der Waals surface area contributed by atoms with Gasteiger partial charge in [0.1, 0.15) is 0 Å².